The lowest BCUT2D eigenvalue weighted by molar-refractivity contribution is 0.0345. The molecule has 0 aliphatic carbocycles. The third kappa shape index (κ3) is 2.09. The summed E-state index contributed by atoms with van der Waals surface area (Å²) in [5, 5.41) is 0. The number of hydrogen-bond donors (Lipinski definition) is 1. The van der Waals surface area contributed by atoms with Crippen molar-refractivity contribution in [2.75, 3.05) is 45.9 Å². The van der Waals surface area contributed by atoms with Crippen molar-refractivity contribution in [1.82, 2.24) is 9.80 Å². The molecule has 4 nitrogen and oxygen atoms in total. The van der Waals surface area contributed by atoms with E-state index in [2.05, 4.69) is 9.80 Å². The molecule has 0 amide bonds. The minimum absolute atomic E-state index is 0.244. The van der Waals surface area contributed by atoms with E-state index in [9.17, 15) is 0 Å². The third-order valence-corrected chi connectivity index (χ3v) is 5.27. The lowest BCUT2D eigenvalue weighted by Crippen LogP contribution is -2.62. The number of nitrogens with zero attached hydrogens (tertiary/aromatic N) is 2. The van der Waals surface area contributed by atoms with Gasteiger partial charge in [-0.05, 0) is 32.2 Å². The van der Waals surface area contributed by atoms with Crippen LogP contribution in [0.2, 0.25) is 0 Å². The van der Waals surface area contributed by atoms with Gasteiger partial charge in [0.1, 0.15) is 0 Å². The van der Waals surface area contributed by atoms with Crippen molar-refractivity contribution < 1.29 is 4.74 Å². The van der Waals surface area contributed by atoms with Crippen LogP contribution >= 0.6 is 0 Å². The first-order valence-corrected chi connectivity index (χ1v) is 7.64. The number of fused-ring (bicyclic) bond motifs is 1. The van der Waals surface area contributed by atoms with Gasteiger partial charge in [-0.3, -0.25) is 9.80 Å². The Hall–Kier alpha value is -0.160. The zero-order chi connectivity index (χ0) is 12.4. The predicted molar refractivity (Wildman–Crippen MR) is 72.6 cm³/mol. The van der Waals surface area contributed by atoms with Crippen molar-refractivity contribution in [1.29, 1.82) is 0 Å². The molecule has 0 aromatic heterocycles. The minimum Gasteiger partial charge on any atom is -0.380 e. The smallest absolute Gasteiger partial charge is 0.0593 e. The lowest BCUT2D eigenvalue weighted by atomic mass is 9.83. The summed E-state index contributed by atoms with van der Waals surface area (Å²) < 4.78 is 5.61. The fraction of sp³-hybridized carbons (Fsp3) is 1.00. The van der Waals surface area contributed by atoms with Crippen molar-refractivity contribution in [2.24, 2.45) is 5.73 Å². The molecule has 0 radical (unpaired) electrons. The molecule has 18 heavy (non-hydrogen) atoms. The van der Waals surface area contributed by atoms with Gasteiger partial charge in [0.15, 0.2) is 0 Å². The SMILES string of the molecule is NCC1(N2CCCOCC2)CCN2CCCCC21. The molecular weight excluding hydrogens is 226 g/mol. The van der Waals surface area contributed by atoms with Gasteiger partial charge in [0.2, 0.25) is 0 Å². The fourth-order valence-corrected chi connectivity index (χ4v) is 4.30. The van der Waals surface area contributed by atoms with Crippen LogP contribution < -0.4 is 5.73 Å². The van der Waals surface area contributed by atoms with Gasteiger partial charge in [-0.2, -0.15) is 0 Å². The molecule has 0 spiro atoms. The van der Waals surface area contributed by atoms with Gasteiger partial charge in [-0.25, -0.2) is 0 Å². The molecule has 3 heterocycles. The van der Waals surface area contributed by atoms with Crippen molar-refractivity contribution in [3.05, 3.63) is 0 Å². The molecule has 2 N–H and O–H groups in total. The Labute approximate surface area is 110 Å². The average molecular weight is 253 g/mol. The van der Waals surface area contributed by atoms with Gasteiger partial charge in [0.25, 0.3) is 0 Å². The van der Waals surface area contributed by atoms with Crippen LogP contribution in [0.3, 0.4) is 0 Å². The highest BCUT2D eigenvalue weighted by Crippen LogP contribution is 2.39. The van der Waals surface area contributed by atoms with Gasteiger partial charge in [-0.15, -0.1) is 0 Å². The Balaban J connectivity index is 1.79. The second-order valence-corrected chi connectivity index (χ2v) is 6.06. The monoisotopic (exact) mass is 253 g/mol. The molecular formula is C14H27N3O. The van der Waals surface area contributed by atoms with E-state index < -0.39 is 0 Å². The van der Waals surface area contributed by atoms with Gasteiger partial charge in [-0.1, -0.05) is 6.42 Å². The summed E-state index contributed by atoms with van der Waals surface area (Å²) in [6, 6.07) is 0.703. The maximum absolute atomic E-state index is 6.25. The molecule has 2 unspecified atom stereocenters. The van der Waals surface area contributed by atoms with Crippen LogP contribution in [-0.4, -0.2) is 67.3 Å². The zero-order valence-electron chi connectivity index (χ0n) is 11.4. The van der Waals surface area contributed by atoms with Gasteiger partial charge in [0, 0.05) is 44.4 Å². The standard InChI is InChI=1S/C14H27N3O/c15-12-14(17-7-3-10-18-11-9-17)5-8-16-6-2-1-4-13(14)16/h13H,1-12,15H2. The first kappa shape index (κ1) is 12.9. The van der Waals surface area contributed by atoms with Crippen LogP contribution in [0.1, 0.15) is 32.1 Å². The highest BCUT2D eigenvalue weighted by molar-refractivity contribution is 5.08. The second-order valence-electron chi connectivity index (χ2n) is 6.06. The van der Waals surface area contributed by atoms with Crippen molar-refractivity contribution in [2.45, 2.75) is 43.7 Å². The molecule has 3 aliphatic rings. The summed E-state index contributed by atoms with van der Waals surface area (Å²) in [4.78, 5) is 5.36. The summed E-state index contributed by atoms with van der Waals surface area (Å²) in [6.07, 6.45) is 6.52. The van der Waals surface area contributed by atoms with E-state index in [0.717, 1.165) is 32.7 Å². The number of ether oxygens (including phenoxy) is 1. The summed E-state index contributed by atoms with van der Waals surface area (Å²) in [6.45, 7) is 7.40. The summed E-state index contributed by atoms with van der Waals surface area (Å²) in [5.41, 5.74) is 6.49. The molecule has 0 aromatic rings. The topological polar surface area (TPSA) is 41.7 Å². The average Bonchev–Trinajstić information content (AvgIpc) is 2.61. The Bertz CT molecular complexity index is 278. The van der Waals surface area contributed by atoms with E-state index in [1.54, 1.807) is 0 Å². The summed E-state index contributed by atoms with van der Waals surface area (Å²) in [5.74, 6) is 0. The van der Waals surface area contributed by atoms with Crippen LogP contribution in [0.15, 0.2) is 0 Å². The number of rotatable bonds is 2. The normalized spacial score (nSPS) is 39.5. The van der Waals surface area contributed by atoms with Crippen molar-refractivity contribution in [3.63, 3.8) is 0 Å². The number of piperidine rings is 1. The lowest BCUT2D eigenvalue weighted by Gasteiger charge is -2.47. The van der Waals surface area contributed by atoms with Crippen molar-refractivity contribution >= 4 is 0 Å². The number of nitrogens with two attached hydrogens (primary N) is 1. The van der Waals surface area contributed by atoms with Gasteiger partial charge in [0.05, 0.1) is 6.61 Å². The molecule has 2 atom stereocenters. The molecule has 104 valence electrons. The second kappa shape index (κ2) is 5.45. The van der Waals surface area contributed by atoms with E-state index in [1.165, 1.54) is 45.3 Å². The number of hydrogen-bond acceptors (Lipinski definition) is 4. The first-order valence-electron chi connectivity index (χ1n) is 7.64. The summed E-state index contributed by atoms with van der Waals surface area (Å²) in [7, 11) is 0. The molecule has 3 rings (SSSR count). The van der Waals surface area contributed by atoms with E-state index in [0.29, 0.717) is 6.04 Å². The fourth-order valence-electron chi connectivity index (χ4n) is 4.30. The Morgan fingerprint density at radius 3 is 2.89 bits per heavy atom. The Kier molecular flexibility index (Phi) is 3.89. The molecule has 3 saturated heterocycles. The van der Waals surface area contributed by atoms with Crippen LogP contribution in [0.25, 0.3) is 0 Å². The molecule has 0 bridgehead atoms. The summed E-state index contributed by atoms with van der Waals surface area (Å²) >= 11 is 0. The molecule has 0 saturated carbocycles. The quantitative estimate of drug-likeness (QED) is 0.785. The maximum atomic E-state index is 6.25. The largest absolute Gasteiger partial charge is 0.380 e. The van der Waals surface area contributed by atoms with E-state index in [1.807, 2.05) is 0 Å². The molecule has 3 fully saturated rings. The highest BCUT2D eigenvalue weighted by Gasteiger charge is 2.50. The van der Waals surface area contributed by atoms with Gasteiger partial charge < -0.3 is 10.5 Å². The molecule has 0 aromatic carbocycles. The van der Waals surface area contributed by atoms with Crippen LogP contribution in [0.4, 0.5) is 0 Å². The van der Waals surface area contributed by atoms with Crippen LogP contribution in [0.5, 0.6) is 0 Å². The van der Waals surface area contributed by atoms with E-state index in [-0.39, 0.29) is 5.54 Å². The first-order chi connectivity index (χ1) is 8.87. The molecule has 3 aliphatic heterocycles. The minimum atomic E-state index is 0.244. The highest BCUT2D eigenvalue weighted by atomic mass is 16.5. The van der Waals surface area contributed by atoms with Crippen LogP contribution in [-0.2, 0) is 4.74 Å². The zero-order valence-corrected chi connectivity index (χ0v) is 11.4. The Morgan fingerprint density at radius 1 is 1.06 bits per heavy atom. The molecule has 4 heteroatoms. The van der Waals surface area contributed by atoms with Crippen LogP contribution in [0, 0.1) is 0 Å². The van der Waals surface area contributed by atoms with Crippen molar-refractivity contribution in [3.8, 4) is 0 Å². The third-order valence-electron chi connectivity index (χ3n) is 5.27. The Morgan fingerprint density at radius 2 is 2.00 bits per heavy atom. The van der Waals surface area contributed by atoms with E-state index in [4.69, 9.17) is 10.5 Å². The van der Waals surface area contributed by atoms with Gasteiger partial charge >= 0.3 is 0 Å². The predicted octanol–water partition coefficient (Wildman–Crippen LogP) is 0.664. The maximum Gasteiger partial charge on any atom is 0.0593 e. The van der Waals surface area contributed by atoms with E-state index >= 15 is 0 Å².